The Hall–Kier alpha value is -0.850. The van der Waals surface area contributed by atoms with Gasteiger partial charge in [0.1, 0.15) is 6.23 Å². The molecule has 0 N–H and O–H groups in total. The second-order valence-corrected chi connectivity index (χ2v) is 6.76. The molecule has 0 unspecified atom stereocenters. The van der Waals surface area contributed by atoms with Gasteiger partial charge in [-0.1, -0.05) is 0 Å². The molecule has 0 spiro atoms. The molecule has 2 fully saturated rings. The van der Waals surface area contributed by atoms with Gasteiger partial charge in [0, 0.05) is 17.6 Å². The van der Waals surface area contributed by atoms with Crippen LogP contribution in [0.3, 0.4) is 0 Å². The fraction of sp³-hybridized carbons (Fsp3) is 0.733. The number of thiazole rings is 1. The van der Waals surface area contributed by atoms with Crippen LogP contribution in [0.5, 0.6) is 0 Å². The van der Waals surface area contributed by atoms with Gasteiger partial charge in [-0.05, 0) is 38.5 Å². The van der Waals surface area contributed by atoms with Gasteiger partial charge >= 0.3 is 5.97 Å². The first-order chi connectivity index (χ1) is 10.3. The number of carbonyl (C=O) groups is 1. The highest BCUT2D eigenvalue weighted by atomic mass is 35.5. The molecule has 0 radical (unpaired) electrons. The average molecular weight is 347 g/mol. The van der Waals surface area contributed by atoms with Crippen molar-refractivity contribution in [1.82, 2.24) is 4.98 Å². The number of ether oxygens (including phenoxy) is 2. The number of hydrogen-bond donors (Lipinski definition) is 0. The Bertz CT molecular complexity index is 493. The number of esters is 1. The van der Waals surface area contributed by atoms with Crippen molar-refractivity contribution in [2.75, 3.05) is 18.6 Å². The van der Waals surface area contributed by atoms with Crippen molar-refractivity contribution in [1.29, 1.82) is 0 Å². The van der Waals surface area contributed by atoms with E-state index in [0.717, 1.165) is 29.4 Å². The highest BCUT2D eigenvalue weighted by molar-refractivity contribution is 7.15. The minimum atomic E-state index is -0.169. The molecule has 1 saturated heterocycles. The first-order valence-corrected chi connectivity index (χ1v) is 8.51. The van der Waals surface area contributed by atoms with E-state index in [-0.39, 0.29) is 24.6 Å². The van der Waals surface area contributed by atoms with Gasteiger partial charge in [-0.25, -0.2) is 4.98 Å². The van der Waals surface area contributed by atoms with E-state index in [2.05, 4.69) is 14.6 Å². The summed E-state index contributed by atoms with van der Waals surface area (Å²) in [6.45, 7) is 1.02. The highest BCUT2D eigenvalue weighted by Gasteiger charge is 2.31. The van der Waals surface area contributed by atoms with Crippen LogP contribution in [0.2, 0.25) is 0 Å². The summed E-state index contributed by atoms with van der Waals surface area (Å²) >= 11 is 1.67. The fourth-order valence-electron chi connectivity index (χ4n) is 2.70. The molecule has 5 nitrogen and oxygen atoms in total. The molecule has 1 aliphatic heterocycles. The summed E-state index contributed by atoms with van der Waals surface area (Å²) in [6, 6.07) is 0. The maximum Gasteiger partial charge on any atom is 0.305 e. The number of anilines is 1. The zero-order valence-corrected chi connectivity index (χ0v) is 14.5. The Kier molecular flexibility index (Phi) is 6.47. The lowest BCUT2D eigenvalue weighted by molar-refractivity contribution is -0.140. The minimum Gasteiger partial charge on any atom is -0.469 e. The number of methoxy groups -OCH3 is 1. The third-order valence-electron chi connectivity index (χ3n) is 4.19. The van der Waals surface area contributed by atoms with Gasteiger partial charge in [0.05, 0.1) is 19.6 Å². The van der Waals surface area contributed by atoms with Gasteiger partial charge in [-0.2, -0.15) is 0 Å². The van der Waals surface area contributed by atoms with Crippen molar-refractivity contribution >= 4 is 34.8 Å². The van der Waals surface area contributed by atoms with Gasteiger partial charge in [0.25, 0.3) is 0 Å². The molecule has 1 saturated carbocycles. The standard InChI is InChI=1S/C15H22N2O3S.ClH/c1-19-14(18)8-7-12-10-16-15(21-12)17-9-3-6-13(17)20-11-4-2-5-11;/h10-11,13H,2-9H2,1H3;1H/t13-;/m0./s1. The van der Waals surface area contributed by atoms with Crippen molar-refractivity contribution in [3.05, 3.63) is 11.1 Å². The van der Waals surface area contributed by atoms with Gasteiger partial charge in [-0.3, -0.25) is 4.79 Å². The van der Waals surface area contributed by atoms with Crippen molar-refractivity contribution in [2.24, 2.45) is 0 Å². The summed E-state index contributed by atoms with van der Waals surface area (Å²) in [5.41, 5.74) is 0. The van der Waals surface area contributed by atoms with Crippen LogP contribution in [0.1, 0.15) is 43.4 Å². The first-order valence-electron chi connectivity index (χ1n) is 7.70. The van der Waals surface area contributed by atoms with Gasteiger partial charge < -0.3 is 14.4 Å². The molecule has 2 aliphatic rings. The van der Waals surface area contributed by atoms with E-state index in [1.807, 2.05) is 6.20 Å². The molecule has 0 bridgehead atoms. The zero-order valence-electron chi connectivity index (χ0n) is 12.8. The maximum absolute atomic E-state index is 11.2. The molecule has 7 heteroatoms. The summed E-state index contributed by atoms with van der Waals surface area (Å²) in [4.78, 5) is 19.1. The first kappa shape index (κ1) is 17.5. The third-order valence-corrected chi connectivity index (χ3v) is 5.28. The van der Waals surface area contributed by atoms with E-state index in [9.17, 15) is 4.79 Å². The molecule has 1 aromatic rings. The normalized spacial score (nSPS) is 21.3. The van der Waals surface area contributed by atoms with Crippen LogP contribution in [0, 0.1) is 0 Å². The Morgan fingerprint density at radius 2 is 2.23 bits per heavy atom. The summed E-state index contributed by atoms with van der Waals surface area (Å²) in [5, 5.41) is 1.02. The van der Waals surface area contributed by atoms with Crippen LogP contribution in [0.15, 0.2) is 6.20 Å². The molecule has 3 rings (SSSR count). The van der Waals surface area contributed by atoms with Crippen LogP contribution in [0.4, 0.5) is 5.13 Å². The third kappa shape index (κ3) is 4.12. The maximum atomic E-state index is 11.2. The summed E-state index contributed by atoms with van der Waals surface area (Å²) in [6.07, 6.45) is 9.59. The number of aryl methyl sites for hydroxylation is 1. The van der Waals surface area contributed by atoms with Gasteiger partial charge in [0.2, 0.25) is 0 Å². The highest BCUT2D eigenvalue weighted by Crippen LogP contribution is 2.33. The van der Waals surface area contributed by atoms with Crippen LogP contribution in [-0.2, 0) is 20.7 Å². The molecule has 124 valence electrons. The van der Waals surface area contributed by atoms with Gasteiger partial charge in [-0.15, -0.1) is 23.7 Å². The van der Waals surface area contributed by atoms with E-state index in [4.69, 9.17) is 4.74 Å². The van der Waals surface area contributed by atoms with Crippen molar-refractivity contribution in [2.45, 2.75) is 57.3 Å². The van der Waals surface area contributed by atoms with E-state index < -0.39 is 0 Å². The predicted octanol–water partition coefficient (Wildman–Crippen LogP) is 3.17. The van der Waals surface area contributed by atoms with E-state index in [1.165, 1.54) is 26.4 Å². The molecule has 0 amide bonds. The van der Waals surface area contributed by atoms with Crippen LogP contribution >= 0.6 is 23.7 Å². The van der Waals surface area contributed by atoms with Crippen molar-refractivity contribution < 1.29 is 14.3 Å². The van der Waals surface area contributed by atoms with Crippen LogP contribution in [-0.4, -0.2) is 36.9 Å². The molecule has 0 aromatic carbocycles. The molecule has 22 heavy (non-hydrogen) atoms. The van der Waals surface area contributed by atoms with Crippen molar-refractivity contribution in [3.8, 4) is 0 Å². The average Bonchev–Trinajstić information content (AvgIpc) is 3.08. The fourth-order valence-corrected chi connectivity index (χ4v) is 3.67. The topological polar surface area (TPSA) is 51.7 Å². The predicted molar refractivity (Wildman–Crippen MR) is 88.8 cm³/mol. The number of nitrogens with zero attached hydrogens (tertiary/aromatic N) is 2. The summed E-state index contributed by atoms with van der Waals surface area (Å²) in [5.74, 6) is -0.169. The Balaban J connectivity index is 0.00000176. The zero-order chi connectivity index (χ0) is 14.7. The van der Waals surface area contributed by atoms with E-state index >= 15 is 0 Å². The van der Waals surface area contributed by atoms with Crippen LogP contribution in [0.25, 0.3) is 0 Å². The largest absolute Gasteiger partial charge is 0.469 e. The minimum absolute atomic E-state index is 0. The summed E-state index contributed by atoms with van der Waals surface area (Å²) < 4.78 is 10.8. The second-order valence-electron chi connectivity index (χ2n) is 5.66. The lowest BCUT2D eigenvalue weighted by Gasteiger charge is -2.32. The quantitative estimate of drug-likeness (QED) is 0.740. The molecular weight excluding hydrogens is 324 g/mol. The smallest absolute Gasteiger partial charge is 0.305 e. The number of rotatable bonds is 6. The molecule has 1 aromatic heterocycles. The Labute approximate surface area is 141 Å². The number of halogens is 1. The number of carbonyl (C=O) groups excluding carboxylic acids is 1. The summed E-state index contributed by atoms with van der Waals surface area (Å²) in [7, 11) is 1.42. The van der Waals surface area contributed by atoms with Crippen LogP contribution < -0.4 is 4.90 Å². The van der Waals surface area contributed by atoms with Crippen molar-refractivity contribution in [3.63, 3.8) is 0 Å². The molecular formula is C15H23ClN2O3S. The molecule has 1 atom stereocenters. The lowest BCUT2D eigenvalue weighted by atomic mass is 9.96. The Morgan fingerprint density at radius 3 is 2.91 bits per heavy atom. The second kappa shape index (κ2) is 8.13. The lowest BCUT2D eigenvalue weighted by Crippen LogP contribution is -2.37. The van der Waals surface area contributed by atoms with E-state index in [0.29, 0.717) is 18.9 Å². The SMILES string of the molecule is COC(=O)CCc1cnc(N2CCC[C@@H]2OC2CCC2)s1.Cl. The van der Waals surface area contributed by atoms with Gasteiger partial charge in [0.15, 0.2) is 5.13 Å². The number of hydrogen-bond acceptors (Lipinski definition) is 6. The number of aromatic nitrogens is 1. The monoisotopic (exact) mass is 346 g/mol. The molecule has 2 heterocycles. The Morgan fingerprint density at radius 1 is 1.41 bits per heavy atom. The van der Waals surface area contributed by atoms with E-state index in [1.54, 1.807) is 11.3 Å². The molecule has 1 aliphatic carbocycles.